The molecule has 0 saturated carbocycles. The molecule has 0 unspecified atom stereocenters. The van der Waals surface area contributed by atoms with Crippen LogP contribution in [0.15, 0.2) is 12.1 Å². The Bertz CT molecular complexity index is 304. The van der Waals surface area contributed by atoms with E-state index in [-0.39, 0.29) is 0 Å². The normalized spacial score (nSPS) is 9.93. The predicted octanol–water partition coefficient (Wildman–Crippen LogP) is 2.63. The van der Waals surface area contributed by atoms with Crippen LogP contribution in [0.2, 0.25) is 0 Å². The van der Waals surface area contributed by atoms with E-state index in [9.17, 15) is 4.79 Å². The third-order valence-electron chi connectivity index (χ3n) is 2.44. The fourth-order valence-electron chi connectivity index (χ4n) is 1.60. The van der Waals surface area contributed by atoms with Crippen LogP contribution in [0.4, 0.5) is 0 Å². The van der Waals surface area contributed by atoms with Gasteiger partial charge in [0.1, 0.15) is 5.75 Å². The molecule has 0 atom stereocenters. The zero-order chi connectivity index (χ0) is 10.6. The highest BCUT2D eigenvalue weighted by Crippen LogP contribution is 2.22. The van der Waals surface area contributed by atoms with Crippen LogP contribution in [0.1, 0.15) is 35.3 Å². The Balaban J connectivity index is 3.31. The lowest BCUT2D eigenvalue weighted by Crippen LogP contribution is -1.99. The minimum atomic E-state index is 0.829. The van der Waals surface area contributed by atoms with Crippen molar-refractivity contribution in [2.24, 2.45) is 0 Å². The number of ether oxygens (including phenoxy) is 1. The lowest BCUT2D eigenvalue weighted by Gasteiger charge is -2.10. The highest BCUT2D eigenvalue weighted by Gasteiger charge is 2.07. The van der Waals surface area contributed by atoms with Gasteiger partial charge in [-0.3, -0.25) is 4.79 Å². The van der Waals surface area contributed by atoms with Gasteiger partial charge in [-0.15, -0.1) is 0 Å². The van der Waals surface area contributed by atoms with E-state index in [1.807, 2.05) is 26.0 Å². The highest BCUT2D eigenvalue weighted by molar-refractivity contribution is 5.80. The molecule has 0 heterocycles. The summed E-state index contributed by atoms with van der Waals surface area (Å²) in [6.07, 6.45) is 2.66. The molecule has 0 saturated heterocycles. The summed E-state index contributed by atoms with van der Waals surface area (Å²) in [5.74, 6) is 0.837. The molecular weight excluding hydrogens is 176 g/mol. The Morgan fingerprint density at radius 2 is 1.71 bits per heavy atom. The minimum absolute atomic E-state index is 0.829. The van der Waals surface area contributed by atoms with Gasteiger partial charge in [0.2, 0.25) is 0 Å². The summed E-state index contributed by atoms with van der Waals surface area (Å²) in [5, 5.41) is 0. The summed E-state index contributed by atoms with van der Waals surface area (Å²) in [7, 11) is 1.65. The molecule has 0 aliphatic rings. The van der Waals surface area contributed by atoms with Crippen LogP contribution in [0.3, 0.4) is 0 Å². The third-order valence-corrected chi connectivity index (χ3v) is 2.44. The molecule has 0 bridgehead atoms. The maximum Gasteiger partial charge on any atom is 0.150 e. The van der Waals surface area contributed by atoms with Crippen molar-refractivity contribution < 1.29 is 9.53 Å². The number of rotatable bonds is 4. The van der Waals surface area contributed by atoms with E-state index in [4.69, 9.17) is 4.74 Å². The van der Waals surface area contributed by atoms with Crippen LogP contribution >= 0.6 is 0 Å². The lowest BCUT2D eigenvalue weighted by atomic mass is 9.98. The molecule has 0 spiro atoms. The molecule has 1 aromatic rings. The van der Waals surface area contributed by atoms with Crippen molar-refractivity contribution in [1.29, 1.82) is 0 Å². The zero-order valence-electron chi connectivity index (χ0n) is 8.96. The predicted molar refractivity (Wildman–Crippen MR) is 57.1 cm³/mol. The Kier molecular flexibility index (Phi) is 3.69. The first-order valence-electron chi connectivity index (χ1n) is 4.91. The van der Waals surface area contributed by atoms with E-state index in [2.05, 4.69) is 0 Å². The summed E-state index contributed by atoms with van der Waals surface area (Å²) in [6, 6.07) is 3.87. The zero-order valence-corrected chi connectivity index (χ0v) is 8.96. The molecular formula is C12H16O2. The van der Waals surface area contributed by atoms with Crippen LogP contribution in [0.25, 0.3) is 0 Å². The Morgan fingerprint density at radius 1 is 1.21 bits per heavy atom. The van der Waals surface area contributed by atoms with Crippen LogP contribution in [-0.4, -0.2) is 13.4 Å². The van der Waals surface area contributed by atoms with Gasteiger partial charge in [-0.05, 0) is 36.1 Å². The lowest BCUT2D eigenvalue weighted by molar-refractivity contribution is 0.112. The van der Waals surface area contributed by atoms with E-state index in [0.29, 0.717) is 0 Å². The van der Waals surface area contributed by atoms with Crippen LogP contribution in [-0.2, 0) is 12.8 Å². The van der Waals surface area contributed by atoms with Gasteiger partial charge in [-0.2, -0.15) is 0 Å². The van der Waals surface area contributed by atoms with Gasteiger partial charge >= 0.3 is 0 Å². The van der Waals surface area contributed by atoms with Gasteiger partial charge in [-0.1, -0.05) is 13.8 Å². The molecule has 76 valence electrons. The second kappa shape index (κ2) is 4.80. The molecule has 0 aliphatic carbocycles. The third kappa shape index (κ3) is 1.95. The Hall–Kier alpha value is -1.31. The Labute approximate surface area is 84.9 Å². The topological polar surface area (TPSA) is 26.3 Å². The standard InChI is InChI=1S/C12H16O2/c1-4-9-6-11(14-3)7-10(5-2)12(9)8-13/h6-8H,4-5H2,1-3H3. The van der Waals surface area contributed by atoms with Gasteiger partial charge < -0.3 is 4.74 Å². The number of hydrogen-bond donors (Lipinski definition) is 0. The second-order valence-electron chi connectivity index (χ2n) is 3.18. The molecule has 1 aromatic carbocycles. The monoisotopic (exact) mass is 192 g/mol. The van der Waals surface area contributed by atoms with E-state index in [0.717, 1.165) is 41.6 Å². The number of aldehydes is 1. The maximum absolute atomic E-state index is 10.9. The quantitative estimate of drug-likeness (QED) is 0.685. The fourth-order valence-corrected chi connectivity index (χ4v) is 1.60. The molecule has 0 radical (unpaired) electrons. The number of hydrogen-bond acceptors (Lipinski definition) is 2. The summed E-state index contributed by atoms with van der Waals surface area (Å²) in [4.78, 5) is 10.9. The number of methoxy groups -OCH3 is 1. The van der Waals surface area contributed by atoms with Crippen molar-refractivity contribution in [3.8, 4) is 5.75 Å². The largest absolute Gasteiger partial charge is 0.497 e. The first-order chi connectivity index (χ1) is 6.76. The number of benzene rings is 1. The van der Waals surface area contributed by atoms with Crippen molar-refractivity contribution in [3.63, 3.8) is 0 Å². The summed E-state index contributed by atoms with van der Waals surface area (Å²) >= 11 is 0. The minimum Gasteiger partial charge on any atom is -0.497 e. The smallest absolute Gasteiger partial charge is 0.150 e. The van der Waals surface area contributed by atoms with Crippen molar-refractivity contribution in [2.75, 3.05) is 7.11 Å². The highest BCUT2D eigenvalue weighted by atomic mass is 16.5. The Morgan fingerprint density at radius 3 is 2.00 bits per heavy atom. The van der Waals surface area contributed by atoms with E-state index in [1.54, 1.807) is 7.11 Å². The molecule has 2 nitrogen and oxygen atoms in total. The molecule has 0 N–H and O–H groups in total. The van der Waals surface area contributed by atoms with Gasteiger partial charge in [0.05, 0.1) is 7.11 Å². The number of carbonyl (C=O) groups is 1. The molecule has 0 aromatic heterocycles. The van der Waals surface area contributed by atoms with Gasteiger partial charge in [0.25, 0.3) is 0 Å². The first-order valence-corrected chi connectivity index (χ1v) is 4.91. The summed E-state index contributed by atoms with van der Waals surface area (Å²) < 4.78 is 5.18. The molecule has 0 fully saturated rings. The second-order valence-corrected chi connectivity index (χ2v) is 3.18. The van der Waals surface area contributed by atoms with Crippen molar-refractivity contribution in [2.45, 2.75) is 26.7 Å². The van der Waals surface area contributed by atoms with Crippen LogP contribution < -0.4 is 4.74 Å². The number of aryl methyl sites for hydroxylation is 2. The first kappa shape index (κ1) is 10.8. The van der Waals surface area contributed by atoms with Crippen molar-refractivity contribution >= 4 is 6.29 Å². The van der Waals surface area contributed by atoms with E-state index >= 15 is 0 Å². The average molecular weight is 192 g/mol. The summed E-state index contributed by atoms with van der Waals surface area (Å²) in [6.45, 7) is 4.09. The SMILES string of the molecule is CCc1cc(OC)cc(CC)c1C=O. The van der Waals surface area contributed by atoms with Gasteiger partial charge in [0.15, 0.2) is 6.29 Å². The van der Waals surface area contributed by atoms with Crippen LogP contribution in [0.5, 0.6) is 5.75 Å². The van der Waals surface area contributed by atoms with Gasteiger partial charge in [-0.25, -0.2) is 0 Å². The summed E-state index contributed by atoms with van der Waals surface area (Å²) in [5.41, 5.74) is 2.96. The van der Waals surface area contributed by atoms with Crippen molar-refractivity contribution in [1.82, 2.24) is 0 Å². The van der Waals surface area contributed by atoms with E-state index < -0.39 is 0 Å². The maximum atomic E-state index is 10.9. The fraction of sp³-hybridized carbons (Fsp3) is 0.417. The van der Waals surface area contributed by atoms with Crippen LogP contribution in [0, 0.1) is 0 Å². The molecule has 0 aliphatic heterocycles. The average Bonchev–Trinajstić information content (AvgIpc) is 2.26. The van der Waals surface area contributed by atoms with Gasteiger partial charge in [0, 0.05) is 5.56 Å². The molecule has 1 rings (SSSR count). The van der Waals surface area contributed by atoms with E-state index in [1.165, 1.54) is 0 Å². The molecule has 14 heavy (non-hydrogen) atoms. The number of carbonyl (C=O) groups excluding carboxylic acids is 1. The molecule has 2 heteroatoms. The molecule has 0 amide bonds. The van der Waals surface area contributed by atoms with Crippen molar-refractivity contribution in [3.05, 3.63) is 28.8 Å².